The molecular weight excluding hydrogens is 402 g/mol. The fourth-order valence-corrected chi connectivity index (χ4v) is 3.80. The molecule has 4 aromatic rings. The number of fused-ring (bicyclic) bond motifs is 2. The van der Waals surface area contributed by atoms with E-state index in [1.54, 1.807) is 0 Å². The molecule has 0 aliphatic heterocycles. The lowest BCUT2D eigenvalue weighted by Gasteiger charge is -2.16. The molecule has 4 rings (SSSR count). The molecule has 0 saturated heterocycles. The first kappa shape index (κ1) is 21.6. The van der Waals surface area contributed by atoms with Crippen molar-refractivity contribution in [2.75, 3.05) is 33.2 Å². The Morgan fingerprint density at radius 1 is 0.750 bits per heavy atom. The molecule has 0 saturated carbocycles. The third-order valence-corrected chi connectivity index (χ3v) is 5.55. The smallest absolute Gasteiger partial charge is 0.267 e. The van der Waals surface area contributed by atoms with Crippen LogP contribution in [0.3, 0.4) is 0 Å². The summed E-state index contributed by atoms with van der Waals surface area (Å²) in [6, 6.07) is 19.5. The summed E-state index contributed by atoms with van der Waals surface area (Å²) < 4.78 is 0. The highest BCUT2D eigenvalue weighted by Gasteiger charge is 2.10. The number of carbonyl (C=O) groups excluding carboxylic acids is 2. The number of aromatic amines is 2. The second-order valence-corrected chi connectivity index (χ2v) is 8.06. The molecule has 32 heavy (non-hydrogen) atoms. The highest BCUT2D eigenvalue weighted by Crippen LogP contribution is 2.15. The van der Waals surface area contributed by atoms with Crippen molar-refractivity contribution in [3.8, 4) is 0 Å². The molecule has 7 heteroatoms. The van der Waals surface area contributed by atoms with Gasteiger partial charge < -0.3 is 25.5 Å². The number of hydrogen-bond acceptors (Lipinski definition) is 3. The molecule has 0 spiro atoms. The van der Waals surface area contributed by atoms with E-state index in [2.05, 4.69) is 32.5 Å². The number of H-pyrrole nitrogens is 2. The number of amides is 2. The Morgan fingerprint density at radius 3 is 1.62 bits per heavy atom. The zero-order chi connectivity index (χ0) is 22.3. The molecule has 0 aliphatic carbocycles. The van der Waals surface area contributed by atoms with Crippen LogP contribution in [0.1, 0.15) is 33.8 Å². The molecule has 0 bridgehead atoms. The second kappa shape index (κ2) is 10.2. The van der Waals surface area contributed by atoms with Crippen LogP contribution in [0.25, 0.3) is 21.8 Å². The first-order valence-corrected chi connectivity index (χ1v) is 11.0. The average Bonchev–Trinajstić information content (AvgIpc) is 3.43. The Labute approximate surface area is 187 Å². The summed E-state index contributed by atoms with van der Waals surface area (Å²) in [7, 11) is 2.05. The van der Waals surface area contributed by atoms with Crippen molar-refractivity contribution < 1.29 is 9.59 Å². The minimum atomic E-state index is -0.0801. The number of nitrogens with zero attached hydrogens (tertiary/aromatic N) is 1. The van der Waals surface area contributed by atoms with Gasteiger partial charge in [-0.15, -0.1) is 0 Å². The van der Waals surface area contributed by atoms with Crippen LogP contribution in [0, 0.1) is 0 Å². The SMILES string of the molecule is CN(CCCNC(=O)c1cc2ccccc2[nH]1)CCCNC(=O)c1cc2ccccc2[nH]1. The number of benzene rings is 2. The Morgan fingerprint density at radius 2 is 1.19 bits per heavy atom. The average molecular weight is 432 g/mol. The molecule has 7 nitrogen and oxygen atoms in total. The van der Waals surface area contributed by atoms with Crippen molar-refractivity contribution in [1.82, 2.24) is 25.5 Å². The van der Waals surface area contributed by atoms with Gasteiger partial charge in [-0.3, -0.25) is 9.59 Å². The van der Waals surface area contributed by atoms with E-state index in [-0.39, 0.29) is 11.8 Å². The second-order valence-electron chi connectivity index (χ2n) is 8.06. The monoisotopic (exact) mass is 431 g/mol. The summed E-state index contributed by atoms with van der Waals surface area (Å²) >= 11 is 0. The van der Waals surface area contributed by atoms with Gasteiger partial charge in [0, 0.05) is 34.9 Å². The van der Waals surface area contributed by atoms with Gasteiger partial charge >= 0.3 is 0 Å². The van der Waals surface area contributed by atoms with E-state index in [0.29, 0.717) is 24.5 Å². The molecule has 2 aromatic carbocycles. The standard InChI is InChI=1S/C25H29N5O2/c1-30(14-6-12-26-24(31)22-16-18-8-2-4-10-20(18)28-22)15-7-13-27-25(32)23-17-19-9-3-5-11-21(19)29-23/h2-5,8-11,16-17,28-29H,6-7,12-15H2,1H3,(H,26,31)(H,27,32). The summed E-state index contributed by atoms with van der Waals surface area (Å²) in [5.74, 6) is -0.160. The normalized spacial score (nSPS) is 11.3. The van der Waals surface area contributed by atoms with Crippen LogP contribution < -0.4 is 10.6 Å². The molecule has 0 radical (unpaired) electrons. The van der Waals surface area contributed by atoms with Crippen molar-refractivity contribution in [2.24, 2.45) is 0 Å². The number of nitrogens with one attached hydrogen (secondary N) is 4. The lowest BCUT2D eigenvalue weighted by molar-refractivity contribution is 0.0941. The van der Waals surface area contributed by atoms with Crippen LogP contribution in [0.2, 0.25) is 0 Å². The van der Waals surface area contributed by atoms with E-state index in [1.807, 2.05) is 60.7 Å². The van der Waals surface area contributed by atoms with Crippen LogP contribution >= 0.6 is 0 Å². The molecule has 0 aliphatic rings. The quantitative estimate of drug-likeness (QED) is 0.290. The number of aromatic nitrogens is 2. The summed E-state index contributed by atoms with van der Waals surface area (Å²) in [5, 5.41) is 8.01. The predicted octanol–water partition coefficient (Wildman–Crippen LogP) is 3.52. The minimum absolute atomic E-state index is 0.0801. The molecule has 166 valence electrons. The fourth-order valence-electron chi connectivity index (χ4n) is 3.80. The maximum Gasteiger partial charge on any atom is 0.267 e. The van der Waals surface area contributed by atoms with Crippen LogP contribution in [-0.4, -0.2) is 59.9 Å². The summed E-state index contributed by atoms with van der Waals surface area (Å²) in [4.78, 5) is 33.1. The van der Waals surface area contributed by atoms with Gasteiger partial charge in [-0.05, 0) is 57.2 Å². The maximum atomic E-state index is 12.3. The van der Waals surface area contributed by atoms with Gasteiger partial charge in [0.05, 0.1) is 0 Å². The van der Waals surface area contributed by atoms with Gasteiger partial charge in [0.1, 0.15) is 11.4 Å². The zero-order valence-corrected chi connectivity index (χ0v) is 18.3. The van der Waals surface area contributed by atoms with Gasteiger partial charge in [-0.2, -0.15) is 0 Å². The summed E-state index contributed by atoms with van der Waals surface area (Å²) in [6.07, 6.45) is 1.73. The molecule has 4 N–H and O–H groups in total. The third-order valence-electron chi connectivity index (χ3n) is 5.55. The summed E-state index contributed by atoms with van der Waals surface area (Å²) in [6.45, 7) is 3.00. The number of para-hydroxylation sites is 2. The molecule has 0 fully saturated rings. The lowest BCUT2D eigenvalue weighted by Crippen LogP contribution is -2.31. The molecule has 2 amide bonds. The Hall–Kier alpha value is -3.58. The van der Waals surface area contributed by atoms with E-state index >= 15 is 0 Å². The Kier molecular flexibility index (Phi) is 6.87. The van der Waals surface area contributed by atoms with Crippen LogP contribution in [0.4, 0.5) is 0 Å². The van der Waals surface area contributed by atoms with Crippen molar-refractivity contribution in [3.05, 3.63) is 72.1 Å². The van der Waals surface area contributed by atoms with Crippen molar-refractivity contribution in [1.29, 1.82) is 0 Å². The zero-order valence-electron chi connectivity index (χ0n) is 18.3. The third kappa shape index (κ3) is 5.36. The van der Waals surface area contributed by atoms with Gasteiger partial charge in [-0.25, -0.2) is 0 Å². The maximum absolute atomic E-state index is 12.3. The van der Waals surface area contributed by atoms with E-state index in [9.17, 15) is 9.59 Å². The summed E-state index contributed by atoms with van der Waals surface area (Å²) in [5.41, 5.74) is 3.11. The topological polar surface area (TPSA) is 93.0 Å². The van der Waals surface area contributed by atoms with Crippen molar-refractivity contribution >= 4 is 33.6 Å². The number of rotatable bonds is 10. The largest absolute Gasteiger partial charge is 0.351 e. The van der Waals surface area contributed by atoms with E-state index < -0.39 is 0 Å². The molecular formula is C25H29N5O2. The van der Waals surface area contributed by atoms with Gasteiger partial charge in [-0.1, -0.05) is 36.4 Å². The fraction of sp³-hybridized carbons (Fsp3) is 0.280. The first-order chi connectivity index (χ1) is 15.6. The van der Waals surface area contributed by atoms with Crippen LogP contribution in [0.15, 0.2) is 60.7 Å². The van der Waals surface area contributed by atoms with Crippen LogP contribution in [-0.2, 0) is 0 Å². The number of hydrogen-bond donors (Lipinski definition) is 4. The van der Waals surface area contributed by atoms with E-state index in [1.165, 1.54) is 0 Å². The first-order valence-electron chi connectivity index (χ1n) is 11.0. The lowest BCUT2D eigenvalue weighted by atomic mass is 10.2. The number of carbonyl (C=O) groups is 2. The van der Waals surface area contributed by atoms with E-state index in [0.717, 1.165) is 47.7 Å². The Bertz CT molecular complexity index is 1050. The van der Waals surface area contributed by atoms with Crippen molar-refractivity contribution in [3.63, 3.8) is 0 Å². The highest BCUT2D eigenvalue weighted by molar-refractivity contribution is 5.98. The van der Waals surface area contributed by atoms with Gasteiger partial charge in [0.2, 0.25) is 0 Å². The molecule has 2 heterocycles. The van der Waals surface area contributed by atoms with Gasteiger partial charge in [0.15, 0.2) is 0 Å². The van der Waals surface area contributed by atoms with Gasteiger partial charge in [0.25, 0.3) is 11.8 Å². The minimum Gasteiger partial charge on any atom is -0.351 e. The molecule has 0 unspecified atom stereocenters. The van der Waals surface area contributed by atoms with Crippen molar-refractivity contribution in [2.45, 2.75) is 12.8 Å². The molecule has 0 atom stereocenters. The van der Waals surface area contributed by atoms with E-state index in [4.69, 9.17) is 0 Å². The molecule has 2 aromatic heterocycles. The predicted molar refractivity (Wildman–Crippen MR) is 128 cm³/mol. The Balaban J connectivity index is 1.10. The van der Waals surface area contributed by atoms with Crippen LogP contribution in [0.5, 0.6) is 0 Å². The highest BCUT2D eigenvalue weighted by atomic mass is 16.2.